The van der Waals surface area contributed by atoms with Gasteiger partial charge >= 0.3 is 0 Å². The van der Waals surface area contributed by atoms with Gasteiger partial charge in [0, 0.05) is 5.69 Å². The van der Waals surface area contributed by atoms with Crippen molar-refractivity contribution in [2.24, 2.45) is 0 Å². The first kappa shape index (κ1) is 15.0. The van der Waals surface area contributed by atoms with E-state index in [1.54, 1.807) is 0 Å². The molecule has 0 aliphatic carbocycles. The van der Waals surface area contributed by atoms with E-state index < -0.39 is 0 Å². The zero-order chi connectivity index (χ0) is 12.1. The van der Waals surface area contributed by atoms with Crippen molar-refractivity contribution in [2.45, 2.75) is 38.6 Å². The van der Waals surface area contributed by atoms with E-state index in [1.807, 2.05) is 12.1 Å². The second-order valence-corrected chi connectivity index (χ2v) is 4.54. The first-order valence-corrected chi connectivity index (χ1v) is 6.43. The first-order valence-electron chi connectivity index (χ1n) is 6.43. The maximum Gasteiger partial charge on any atom is 0.241 e. The van der Waals surface area contributed by atoms with Crippen LogP contribution in [0.2, 0.25) is 0 Å². The molecule has 18 heavy (non-hydrogen) atoms. The molecule has 1 aliphatic heterocycles. The molecule has 1 fully saturated rings. The number of halogens is 1. The molecule has 0 aromatic heterocycles. The van der Waals surface area contributed by atoms with Gasteiger partial charge in [-0.15, -0.1) is 12.4 Å². The number of aryl methyl sites for hydroxylation is 1. The van der Waals surface area contributed by atoms with Crippen molar-refractivity contribution >= 4 is 24.0 Å². The Labute approximate surface area is 115 Å². The van der Waals surface area contributed by atoms with E-state index in [0.29, 0.717) is 0 Å². The minimum Gasteiger partial charge on any atom is -0.325 e. The topological polar surface area (TPSA) is 41.1 Å². The molecule has 2 rings (SSSR count). The molecule has 1 amide bonds. The molecule has 1 saturated heterocycles. The van der Waals surface area contributed by atoms with Gasteiger partial charge < -0.3 is 10.6 Å². The summed E-state index contributed by atoms with van der Waals surface area (Å²) in [6, 6.07) is 8.04. The molecular weight excluding hydrogens is 248 g/mol. The molecule has 0 spiro atoms. The zero-order valence-corrected chi connectivity index (χ0v) is 11.6. The number of hydrogen-bond donors (Lipinski definition) is 2. The number of amides is 1. The van der Waals surface area contributed by atoms with Gasteiger partial charge in [0.25, 0.3) is 0 Å². The molecular formula is C14H21ClN2O. The third-order valence-corrected chi connectivity index (χ3v) is 3.26. The van der Waals surface area contributed by atoms with Crippen LogP contribution < -0.4 is 10.6 Å². The lowest BCUT2D eigenvalue weighted by Gasteiger charge is -2.22. The van der Waals surface area contributed by atoms with Crippen LogP contribution in [0.5, 0.6) is 0 Å². The van der Waals surface area contributed by atoms with Crippen LogP contribution >= 0.6 is 12.4 Å². The van der Waals surface area contributed by atoms with Gasteiger partial charge in [-0.25, -0.2) is 0 Å². The van der Waals surface area contributed by atoms with Crippen LogP contribution in [0.3, 0.4) is 0 Å². The third-order valence-electron chi connectivity index (χ3n) is 3.26. The summed E-state index contributed by atoms with van der Waals surface area (Å²) < 4.78 is 0. The smallest absolute Gasteiger partial charge is 0.241 e. The van der Waals surface area contributed by atoms with E-state index in [0.717, 1.165) is 31.5 Å². The molecule has 1 heterocycles. The molecule has 100 valence electrons. The SMILES string of the molecule is CCc1ccc(NC(=O)[C@H]2CCCCN2)cc1.Cl. The molecule has 1 aromatic carbocycles. The number of carbonyl (C=O) groups is 1. The summed E-state index contributed by atoms with van der Waals surface area (Å²) in [5, 5.41) is 6.21. The molecule has 4 heteroatoms. The highest BCUT2D eigenvalue weighted by Gasteiger charge is 2.20. The van der Waals surface area contributed by atoms with E-state index in [2.05, 4.69) is 29.7 Å². The van der Waals surface area contributed by atoms with Crippen molar-refractivity contribution in [1.29, 1.82) is 0 Å². The van der Waals surface area contributed by atoms with Crippen molar-refractivity contribution in [3.63, 3.8) is 0 Å². The maximum atomic E-state index is 11.9. The van der Waals surface area contributed by atoms with E-state index >= 15 is 0 Å². The quantitative estimate of drug-likeness (QED) is 0.885. The largest absolute Gasteiger partial charge is 0.325 e. The molecule has 2 N–H and O–H groups in total. The van der Waals surface area contributed by atoms with Gasteiger partial charge in [-0.2, -0.15) is 0 Å². The average Bonchev–Trinajstić information content (AvgIpc) is 2.40. The minimum absolute atomic E-state index is 0. The fraction of sp³-hybridized carbons (Fsp3) is 0.500. The van der Waals surface area contributed by atoms with Gasteiger partial charge in [0.05, 0.1) is 6.04 Å². The number of rotatable bonds is 3. The van der Waals surface area contributed by atoms with Crippen LogP contribution in [-0.2, 0) is 11.2 Å². The number of hydrogen-bond acceptors (Lipinski definition) is 2. The van der Waals surface area contributed by atoms with Crippen molar-refractivity contribution < 1.29 is 4.79 Å². The van der Waals surface area contributed by atoms with Gasteiger partial charge in [0.1, 0.15) is 0 Å². The molecule has 1 atom stereocenters. The molecule has 0 unspecified atom stereocenters. The van der Waals surface area contributed by atoms with Crippen LogP contribution in [0.1, 0.15) is 31.7 Å². The van der Waals surface area contributed by atoms with Gasteiger partial charge in [0.15, 0.2) is 0 Å². The van der Waals surface area contributed by atoms with Crippen LogP contribution in [0, 0.1) is 0 Å². The highest BCUT2D eigenvalue weighted by molar-refractivity contribution is 5.94. The second kappa shape index (κ2) is 7.39. The zero-order valence-electron chi connectivity index (χ0n) is 10.7. The normalized spacial score (nSPS) is 18.8. The van der Waals surface area contributed by atoms with Gasteiger partial charge in [-0.3, -0.25) is 4.79 Å². The highest BCUT2D eigenvalue weighted by atomic mass is 35.5. The summed E-state index contributed by atoms with van der Waals surface area (Å²) in [5.41, 5.74) is 2.18. The van der Waals surface area contributed by atoms with Crippen molar-refractivity contribution in [1.82, 2.24) is 5.32 Å². The summed E-state index contributed by atoms with van der Waals surface area (Å²) >= 11 is 0. The summed E-state index contributed by atoms with van der Waals surface area (Å²) in [6.45, 7) is 3.08. The van der Waals surface area contributed by atoms with Crippen molar-refractivity contribution in [3.8, 4) is 0 Å². The van der Waals surface area contributed by atoms with Gasteiger partial charge in [-0.1, -0.05) is 25.5 Å². The van der Waals surface area contributed by atoms with Gasteiger partial charge in [-0.05, 0) is 43.5 Å². The molecule has 1 aromatic rings. The predicted molar refractivity (Wildman–Crippen MR) is 77.3 cm³/mol. The van der Waals surface area contributed by atoms with Crippen LogP contribution in [0.4, 0.5) is 5.69 Å². The fourth-order valence-corrected chi connectivity index (χ4v) is 2.13. The van der Waals surface area contributed by atoms with Crippen LogP contribution in [0.15, 0.2) is 24.3 Å². The lowest BCUT2D eigenvalue weighted by atomic mass is 10.0. The standard InChI is InChI=1S/C14H20N2O.ClH/c1-2-11-6-8-12(9-7-11)16-14(17)13-5-3-4-10-15-13;/h6-9,13,15H,2-5,10H2,1H3,(H,16,17);1H/t13-;/m1./s1. The Hall–Kier alpha value is -1.06. The Kier molecular flexibility index (Phi) is 6.16. The summed E-state index contributed by atoms with van der Waals surface area (Å²) in [7, 11) is 0. The minimum atomic E-state index is -0.0189. The molecule has 0 radical (unpaired) electrons. The molecule has 0 bridgehead atoms. The Morgan fingerprint density at radius 1 is 1.33 bits per heavy atom. The number of nitrogens with one attached hydrogen (secondary N) is 2. The first-order chi connectivity index (χ1) is 8.29. The molecule has 1 aliphatic rings. The highest BCUT2D eigenvalue weighted by Crippen LogP contribution is 2.13. The Bertz CT molecular complexity index is 372. The van der Waals surface area contributed by atoms with Gasteiger partial charge in [0.2, 0.25) is 5.91 Å². The molecule has 0 saturated carbocycles. The molecule has 3 nitrogen and oxygen atoms in total. The summed E-state index contributed by atoms with van der Waals surface area (Å²) in [6.07, 6.45) is 4.28. The average molecular weight is 269 g/mol. The van der Waals surface area contributed by atoms with Crippen molar-refractivity contribution in [2.75, 3.05) is 11.9 Å². The number of benzene rings is 1. The summed E-state index contributed by atoms with van der Waals surface area (Å²) in [4.78, 5) is 11.9. The van der Waals surface area contributed by atoms with E-state index in [9.17, 15) is 4.79 Å². The van der Waals surface area contributed by atoms with Crippen LogP contribution in [-0.4, -0.2) is 18.5 Å². The Balaban J connectivity index is 0.00000162. The predicted octanol–water partition coefficient (Wildman–Crippen LogP) is 2.75. The fourth-order valence-electron chi connectivity index (χ4n) is 2.13. The van der Waals surface area contributed by atoms with E-state index in [4.69, 9.17) is 0 Å². The Morgan fingerprint density at radius 2 is 2.06 bits per heavy atom. The van der Waals surface area contributed by atoms with E-state index in [-0.39, 0.29) is 24.4 Å². The number of anilines is 1. The second-order valence-electron chi connectivity index (χ2n) is 4.54. The lowest BCUT2D eigenvalue weighted by Crippen LogP contribution is -2.43. The number of piperidine rings is 1. The van der Waals surface area contributed by atoms with Crippen LogP contribution in [0.25, 0.3) is 0 Å². The van der Waals surface area contributed by atoms with Crippen molar-refractivity contribution in [3.05, 3.63) is 29.8 Å². The maximum absolute atomic E-state index is 11.9. The summed E-state index contributed by atoms with van der Waals surface area (Å²) in [5.74, 6) is 0.0916. The van der Waals surface area contributed by atoms with E-state index in [1.165, 1.54) is 12.0 Å². The Morgan fingerprint density at radius 3 is 2.61 bits per heavy atom. The number of carbonyl (C=O) groups excluding carboxylic acids is 1. The monoisotopic (exact) mass is 268 g/mol. The third kappa shape index (κ3) is 4.00. The lowest BCUT2D eigenvalue weighted by molar-refractivity contribution is -0.118.